The first-order chi connectivity index (χ1) is 12.2. The molecule has 0 aliphatic carbocycles. The highest BCUT2D eigenvalue weighted by molar-refractivity contribution is 6.34. The molecule has 7 heteroatoms. The third-order valence-corrected chi connectivity index (χ3v) is 5.08. The smallest absolute Gasteiger partial charge is 0.397 e. The van der Waals surface area contributed by atoms with Gasteiger partial charge in [0.2, 0.25) is 0 Å². The standard InChI is InChI=1S/C19H27ClF2N2O2/c1-23(2)18(25)16-7-6-15(13-17(16)20)26-19(21,22)10-4-5-14-8-11-24(3)12-9-14/h6-7,13-14H,4-5,8-12H2,1-3H3. The van der Waals surface area contributed by atoms with Gasteiger partial charge >= 0.3 is 6.11 Å². The van der Waals surface area contributed by atoms with E-state index in [9.17, 15) is 13.6 Å². The average molecular weight is 389 g/mol. The molecule has 1 aliphatic heterocycles. The monoisotopic (exact) mass is 388 g/mol. The van der Waals surface area contributed by atoms with Crippen LogP contribution in [-0.2, 0) is 0 Å². The third kappa shape index (κ3) is 6.09. The van der Waals surface area contributed by atoms with Crippen molar-refractivity contribution in [3.8, 4) is 5.75 Å². The molecule has 0 radical (unpaired) electrons. The Hall–Kier alpha value is -1.40. The highest BCUT2D eigenvalue weighted by Gasteiger charge is 2.32. The van der Waals surface area contributed by atoms with Crippen LogP contribution in [0.25, 0.3) is 0 Å². The third-order valence-electron chi connectivity index (χ3n) is 4.76. The number of hydrogen-bond acceptors (Lipinski definition) is 3. The first-order valence-electron chi connectivity index (χ1n) is 8.94. The van der Waals surface area contributed by atoms with Crippen molar-refractivity contribution in [3.63, 3.8) is 0 Å². The van der Waals surface area contributed by atoms with Crippen molar-refractivity contribution in [2.75, 3.05) is 34.2 Å². The number of alkyl halides is 2. The molecule has 1 saturated heterocycles. The molecule has 0 saturated carbocycles. The normalized spacial score (nSPS) is 16.5. The molecular formula is C19H27ClF2N2O2. The van der Waals surface area contributed by atoms with Crippen LogP contribution in [0.15, 0.2) is 18.2 Å². The number of halogens is 3. The summed E-state index contributed by atoms with van der Waals surface area (Å²) in [5, 5.41) is 0.100. The van der Waals surface area contributed by atoms with Crippen LogP contribution < -0.4 is 4.74 Å². The topological polar surface area (TPSA) is 32.8 Å². The van der Waals surface area contributed by atoms with Crippen LogP contribution in [0.5, 0.6) is 5.75 Å². The largest absolute Gasteiger partial charge is 0.433 e. The zero-order valence-corrected chi connectivity index (χ0v) is 16.4. The van der Waals surface area contributed by atoms with E-state index >= 15 is 0 Å². The fourth-order valence-electron chi connectivity index (χ4n) is 3.14. The molecule has 0 N–H and O–H groups in total. The Morgan fingerprint density at radius 2 is 2.00 bits per heavy atom. The lowest BCUT2D eigenvalue weighted by Gasteiger charge is -2.29. The van der Waals surface area contributed by atoms with Gasteiger partial charge < -0.3 is 14.5 Å². The van der Waals surface area contributed by atoms with Crippen LogP contribution in [-0.4, -0.2) is 56.0 Å². The van der Waals surface area contributed by atoms with E-state index in [1.54, 1.807) is 14.1 Å². The second kappa shape index (κ2) is 9.00. The number of likely N-dealkylation sites (tertiary alicyclic amines) is 1. The van der Waals surface area contributed by atoms with E-state index in [-0.39, 0.29) is 28.7 Å². The van der Waals surface area contributed by atoms with Crippen molar-refractivity contribution in [3.05, 3.63) is 28.8 Å². The Morgan fingerprint density at radius 3 is 2.58 bits per heavy atom. The Morgan fingerprint density at radius 1 is 1.35 bits per heavy atom. The highest BCUT2D eigenvalue weighted by atomic mass is 35.5. The summed E-state index contributed by atoms with van der Waals surface area (Å²) < 4.78 is 33.0. The first-order valence-corrected chi connectivity index (χ1v) is 9.32. The van der Waals surface area contributed by atoms with Crippen molar-refractivity contribution in [2.45, 2.75) is 38.2 Å². The number of carbonyl (C=O) groups is 1. The molecule has 0 atom stereocenters. The first kappa shape index (κ1) is 20.9. The average Bonchev–Trinajstić information content (AvgIpc) is 2.55. The zero-order valence-electron chi connectivity index (χ0n) is 15.6. The Labute approximate surface area is 159 Å². The minimum absolute atomic E-state index is 0.0328. The van der Waals surface area contributed by atoms with Crippen LogP contribution in [0.3, 0.4) is 0 Å². The van der Waals surface area contributed by atoms with Gasteiger partial charge in [-0.25, -0.2) is 0 Å². The molecule has 1 aromatic carbocycles. The molecule has 26 heavy (non-hydrogen) atoms. The fraction of sp³-hybridized carbons (Fsp3) is 0.632. The molecular weight excluding hydrogens is 362 g/mol. The predicted molar refractivity (Wildman–Crippen MR) is 99.1 cm³/mol. The van der Waals surface area contributed by atoms with Gasteiger partial charge in [-0.1, -0.05) is 11.6 Å². The Bertz CT molecular complexity index is 618. The van der Waals surface area contributed by atoms with Crippen molar-refractivity contribution in [1.29, 1.82) is 0 Å². The van der Waals surface area contributed by atoms with Gasteiger partial charge in [-0.2, -0.15) is 8.78 Å². The summed E-state index contributed by atoms with van der Waals surface area (Å²) in [7, 11) is 5.28. The number of amides is 1. The number of piperidine rings is 1. The zero-order chi connectivity index (χ0) is 19.3. The van der Waals surface area contributed by atoms with Gasteiger partial charge in [0.1, 0.15) is 5.75 Å². The fourth-order valence-corrected chi connectivity index (χ4v) is 3.40. The van der Waals surface area contributed by atoms with Gasteiger partial charge in [-0.15, -0.1) is 0 Å². The summed E-state index contributed by atoms with van der Waals surface area (Å²) in [6.07, 6.45) is -0.215. The molecule has 0 spiro atoms. The lowest BCUT2D eigenvalue weighted by atomic mass is 9.92. The van der Waals surface area contributed by atoms with Crippen molar-refractivity contribution in [1.82, 2.24) is 9.80 Å². The van der Waals surface area contributed by atoms with Gasteiger partial charge in [0.25, 0.3) is 5.91 Å². The number of hydrogen-bond donors (Lipinski definition) is 0. The lowest BCUT2D eigenvalue weighted by molar-refractivity contribution is -0.181. The van der Waals surface area contributed by atoms with Crippen LogP contribution in [0.1, 0.15) is 42.5 Å². The van der Waals surface area contributed by atoms with Gasteiger partial charge in [0, 0.05) is 14.1 Å². The summed E-state index contributed by atoms with van der Waals surface area (Å²) in [4.78, 5) is 15.6. The SMILES string of the molecule is CN1CCC(CCCC(F)(F)Oc2ccc(C(=O)N(C)C)c(Cl)c2)CC1. The Balaban J connectivity index is 1.86. The maximum absolute atomic E-state index is 14.1. The summed E-state index contributed by atoms with van der Waals surface area (Å²) in [6.45, 7) is 2.07. The molecule has 0 aromatic heterocycles. The van der Waals surface area contributed by atoms with Crippen LogP contribution in [0.2, 0.25) is 5.02 Å². The molecule has 146 valence electrons. The van der Waals surface area contributed by atoms with Gasteiger partial charge in [0.15, 0.2) is 0 Å². The molecule has 1 heterocycles. The molecule has 2 rings (SSSR count). The molecule has 1 aliphatic rings. The molecule has 4 nitrogen and oxygen atoms in total. The van der Waals surface area contributed by atoms with Crippen LogP contribution in [0.4, 0.5) is 8.78 Å². The van der Waals surface area contributed by atoms with E-state index in [0.717, 1.165) is 32.4 Å². The molecule has 0 bridgehead atoms. The van der Waals surface area contributed by atoms with Crippen LogP contribution >= 0.6 is 11.6 Å². The van der Waals surface area contributed by atoms with E-state index < -0.39 is 6.11 Å². The van der Waals surface area contributed by atoms with Gasteiger partial charge in [0.05, 0.1) is 17.0 Å². The number of benzene rings is 1. The molecule has 1 fully saturated rings. The lowest BCUT2D eigenvalue weighted by Crippen LogP contribution is -2.30. The number of carbonyl (C=O) groups excluding carboxylic acids is 1. The second-order valence-corrected chi connectivity index (χ2v) is 7.63. The summed E-state index contributed by atoms with van der Waals surface area (Å²) in [6, 6.07) is 4.03. The predicted octanol–water partition coefficient (Wildman–Crippen LogP) is 4.53. The highest BCUT2D eigenvalue weighted by Crippen LogP contribution is 2.31. The Kier molecular flexibility index (Phi) is 7.24. The number of rotatable bonds is 7. The maximum atomic E-state index is 14.1. The summed E-state index contributed by atoms with van der Waals surface area (Å²) in [5.41, 5.74) is 0.259. The van der Waals surface area contributed by atoms with E-state index in [4.69, 9.17) is 16.3 Å². The van der Waals surface area contributed by atoms with Crippen LogP contribution in [0, 0.1) is 5.92 Å². The molecule has 1 amide bonds. The van der Waals surface area contributed by atoms with E-state index in [0.29, 0.717) is 12.3 Å². The molecule has 1 aromatic rings. The summed E-state index contributed by atoms with van der Waals surface area (Å²) >= 11 is 6.04. The maximum Gasteiger partial charge on any atom is 0.397 e. The van der Waals surface area contributed by atoms with Gasteiger partial charge in [-0.05, 0) is 69.9 Å². The summed E-state index contributed by atoms with van der Waals surface area (Å²) in [5.74, 6) is 0.203. The number of nitrogens with zero attached hydrogens (tertiary/aromatic N) is 2. The van der Waals surface area contributed by atoms with E-state index in [1.165, 1.54) is 23.1 Å². The van der Waals surface area contributed by atoms with Gasteiger partial charge in [-0.3, -0.25) is 4.79 Å². The van der Waals surface area contributed by atoms with Crippen molar-refractivity contribution < 1.29 is 18.3 Å². The van der Waals surface area contributed by atoms with E-state index in [2.05, 4.69) is 11.9 Å². The number of ether oxygens (including phenoxy) is 1. The van der Waals surface area contributed by atoms with E-state index in [1.807, 2.05) is 0 Å². The minimum Gasteiger partial charge on any atom is -0.433 e. The minimum atomic E-state index is -3.25. The van der Waals surface area contributed by atoms with Crippen molar-refractivity contribution in [2.24, 2.45) is 5.92 Å². The quantitative estimate of drug-likeness (QED) is 0.688. The van der Waals surface area contributed by atoms with Crippen molar-refractivity contribution >= 4 is 17.5 Å². The second-order valence-electron chi connectivity index (χ2n) is 7.22. The molecule has 0 unspecified atom stereocenters.